The molecule has 3 heteroatoms. The third kappa shape index (κ3) is 3.84. The standard InChI is InChI=1S/C15H20N2O/c1-5-7-13(15(18)12(4)6-2)17-14-9-8-11(3)10-16-14/h7-10H,4-6H2,1-3H3,(H,16,17)/b13-7+. The molecule has 0 saturated carbocycles. The SMILES string of the molecule is C=C(CC)C(=O)/C(=C\CC)Nc1ccc(C)cn1. The molecule has 0 amide bonds. The minimum atomic E-state index is -0.0401. The highest BCUT2D eigenvalue weighted by molar-refractivity contribution is 6.09. The Morgan fingerprint density at radius 1 is 1.44 bits per heavy atom. The van der Waals surface area contributed by atoms with Gasteiger partial charge in [0.25, 0.3) is 0 Å². The van der Waals surface area contributed by atoms with Crippen LogP contribution in [-0.4, -0.2) is 10.8 Å². The molecule has 0 aliphatic carbocycles. The molecule has 0 aliphatic rings. The summed E-state index contributed by atoms with van der Waals surface area (Å²) in [4.78, 5) is 16.3. The molecule has 18 heavy (non-hydrogen) atoms. The van der Waals surface area contributed by atoms with E-state index in [4.69, 9.17) is 0 Å². The van der Waals surface area contributed by atoms with E-state index in [1.807, 2.05) is 39.0 Å². The number of allylic oxidation sites excluding steroid dienone is 2. The molecule has 0 aliphatic heterocycles. The van der Waals surface area contributed by atoms with E-state index in [2.05, 4.69) is 16.9 Å². The Hall–Kier alpha value is -1.90. The maximum atomic E-state index is 12.1. The molecule has 1 aromatic heterocycles. The van der Waals surface area contributed by atoms with Crippen molar-refractivity contribution in [3.63, 3.8) is 0 Å². The van der Waals surface area contributed by atoms with Crippen molar-refractivity contribution in [2.75, 3.05) is 5.32 Å². The molecule has 1 rings (SSSR count). The van der Waals surface area contributed by atoms with Gasteiger partial charge in [0.05, 0.1) is 5.70 Å². The van der Waals surface area contributed by atoms with E-state index in [1.165, 1.54) is 0 Å². The fraction of sp³-hybridized carbons (Fsp3) is 0.333. The zero-order chi connectivity index (χ0) is 13.5. The summed E-state index contributed by atoms with van der Waals surface area (Å²) in [6.07, 6.45) is 5.08. The van der Waals surface area contributed by atoms with Crippen molar-refractivity contribution >= 4 is 11.6 Å². The molecule has 0 aromatic carbocycles. The zero-order valence-electron chi connectivity index (χ0n) is 11.3. The molecule has 0 unspecified atom stereocenters. The lowest BCUT2D eigenvalue weighted by atomic mass is 10.1. The number of ketones is 1. The number of Topliss-reactive ketones (excluding diaryl/α,β-unsaturated/α-hetero) is 1. The molecule has 0 fully saturated rings. The minimum absolute atomic E-state index is 0.0401. The van der Waals surface area contributed by atoms with Crippen molar-refractivity contribution < 1.29 is 4.79 Å². The topological polar surface area (TPSA) is 42.0 Å². The highest BCUT2D eigenvalue weighted by atomic mass is 16.1. The van der Waals surface area contributed by atoms with Crippen LogP contribution in [0.25, 0.3) is 0 Å². The molecule has 1 N–H and O–H groups in total. The van der Waals surface area contributed by atoms with Crippen LogP contribution in [0.2, 0.25) is 0 Å². The van der Waals surface area contributed by atoms with Gasteiger partial charge in [-0.2, -0.15) is 0 Å². The summed E-state index contributed by atoms with van der Waals surface area (Å²) < 4.78 is 0. The fourth-order valence-electron chi connectivity index (χ4n) is 1.44. The van der Waals surface area contributed by atoms with Gasteiger partial charge >= 0.3 is 0 Å². The van der Waals surface area contributed by atoms with Gasteiger partial charge in [-0.25, -0.2) is 4.98 Å². The van der Waals surface area contributed by atoms with E-state index >= 15 is 0 Å². The number of aryl methyl sites for hydroxylation is 1. The quantitative estimate of drug-likeness (QED) is 0.777. The summed E-state index contributed by atoms with van der Waals surface area (Å²) in [6, 6.07) is 3.82. The second-order valence-corrected chi connectivity index (χ2v) is 4.16. The highest BCUT2D eigenvalue weighted by Crippen LogP contribution is 2.13. The van der Waals surface area contributed by atoms with Gasteiger partial charge in [-0.3, -0.25) is 4.79 Å². The summed E-state index contributed by atoms with van der Waals surface area (Å²) in [5.41, 5.74) is 2.25. The first-order chi connectivity index (χ1) is 8.58. The average Bonchev–Trinajstić information content (AvgIpc) is 2.39. The van der Waals surface area contributed by atoms with Gasteiger partial charge in [-0.05, 0) is 37.0 Å². The number of carbonyl (C=O) groups is 1. The average molecular weight is 244 g/mol. The maximum absolute atomic E-state index is 12.1. The third-order valence-corrected chi connectivity index (χ3v) is 2.57. The Labute approximate surface area is 109 Å². The Morgan fingerprint density at radius 2 is 2.17 bits per heavy atom. The first-order valence-electron chi connectivity index (χ1n) is 6.20. The number of carbonyl (C=O) groups excluding carboxylic acids is 1. The molecule has 0 radical (unpaired) electrons. The second-order valence-electron chi connectivity index (χ2n) is 4.16. The largest absolute Gasteiger partial charge is 0.337 e. The lowest BCUT2D eigenvalue weighted by Gasteiger charge is -2.10. The Kier molecular flexibility index (Phi) is 5.31. The normalized spacial score (nSPS) is 11.2. The van der Waals surface area contributed by atoms with Crippen LogP contribution in [0.4, 0.5) is 5.82 Å². The summed E-state index contributed by atoms with van der Waals surface area (Å²) in [6.45, 7) is 9.67. The van der Waals surface area contributed by atoms with Crippen LogP contribution in [0.3, 0.4) is 0 Å². The van der Waals surface area contributed by atoms with Crippen LogP contribution in [-0.2, 0) is 4.79 Å². The van der Waals surface area contributed by atoms with Gasteiger partial charge in [-0.15, -0.1) is 0 Å². The van der Waals surface area contributed by atoms with Gasteiger partial charge in [0.1, 0.15) is 5.82 Å². The second kappa shape index (κ2) is 6.74. The van der Waals surface area contributed by atoms with Gasteiger partial charge < -0.3 is 5.32 Å². The Balaban J connectivity index is 2.88. The van der Waals surface area contributed by atoms with Crippen LogP contribution < -0.4 is 5.32 Å². The molecule has 0 atom stereocenters. The monoisotopic (exact) mass is 244 g/mol. The molecular formula is C15H20N2O. The number of aromatic nitrogens is 1. The zero-order valence-corrected chi connectivity index (χ0v) is 11.3. The van der Waals surface area contributed by atoms with E-state index < -0.39 is 0 Å². The van der Waals surface area contributed by atoms with Crippen molar-refractivity contribution in [1.29, 1.82) is 0 Å². The number of pyridine rings is 1. The molecule has 0 saturated heterocycles. The minimum Gasteiger partial charge on any atom is -0.337 e. The van der Waals surface area contributed by atoms with Crippen molar-refractivity contribution in [3.8, 4) is 0 Å². The van der Waals surface area contributed by atoms with Crippen LogP contribution >= 0.6 is 0 Å². The predicted molar refractivity (Wildman–Crippen MR) is 75.4 cm³/mol. The summed E-state index contributed by atoms with van der Waals surface area (Å²) in [5.74, 6) is 0.638. The number of hydrogen-bond acceptors (Lipinski definition) is 3. The molecule has 3 nitrogen and oxygen atoms in total. The fourth-order valence-corrected chi connectivity index (χ4v) is 1.44. The van der Waals surface area contributed by atoms with Gasteiger partial charge in [0, 0.05) is 6.20 Å². The first kappa shape index (κ1) is 14.2. The molecular weight excluding hydrogens is 224 g/mol. The van der Waals surface area contributed by atoms with Crippen LogP contribution in [0.15, 0.2) is 42.3 Å². The van der Waals surface area contributed by atoms with Crippen molar-refractivity contribution in [3.05, 3.63) is 47.8 Å². The molecule has 1 heterocycles. The third-order valence-electron chi connectivity index (χ3n) is 2.57. The lowest BCUT2D eigenvalue weighted by Crippen LogP contribution is -2.13. The number of anilines is 1. The number of nitrogens with one attached hydrogen (secondary N) is 1. The summed E-state index contributed by atoms with van der Waals surface area (Å²) in [7, 11) is 0. The summed E-state index contributed by atoms with van der Waals surface area (Å²) in [5, 5.41) is 3.06. The van der Waals surface area contributed by atoms with Gasteiger partial charge in [0.15, 0.2) is 0 Å². The number of nitrogens with zero attached hydrogens (tertiary/aromatic N) is 1. The van der Waals surface area contributed by atoms with Crippen molar-refractivity contribution in [2.45, 2.75) is 33.6 Å². The van der Waals surface area contributed by atoms with Crippen LogP contribution in [0.5, 0.6) is 0 Å². The lowest BCUT2D eigenvalue weighted by molar-refractivity contribution is -0.112. The smallest absolute Gasteiger partial charge is 0.204 e. The van der Waals surface area contributed by atoms with E-state index in [0.29, 0.717) is 23.5 Å². The highest BCUT2D eigenvalue weighted by Gasteiger charge is 2.12. The molecule has 1 aromatic rings. The van der Waals surface area contributed by atoms with Gasteiger partial charge in [0.2, 0.25) is 5.78 Å². The Morgan fingerprint density at radius 3 is 2.67 bits per heavy atom. The van der Waals surface area contributed by atoms with Crippen molar-refractivity contribution in [1.82, 2.24) is 4.98 Å². The maximum Gasteiger partial charge on any atom is 0.204 e. The van der Waals surface area contributed by atoms with E-state index in [1.54, 1.807) is 6.20 Å². The molecule has 96 valence electrons. The molecule has 0 bridgehead atoms. The Bertz CT molecular complexity index is 458. The van der Waals surface area contributed by atoms with E-state index in [0.717, 1.165) is 12.0 Å². The number of hydrogen-bond donors (Lipinski definition) is 1. The first-order valence-corrected chi connectivity index (χ1v) is 6.20. The predicted octanol–water partition coefficient (Wildman–Crippen LogP) is 3.63. The van der Waals surface area contributed by atoms with E-state index in [9.17, 15) is 4.79 Å². The van der Waals surface area contributed by atoms with Crippen LogP contribution in [0.1, 0.15) is 32.3 Å². The molecule has 0 spiro atoms. The van der Waals surface area contributed by atoms with Gasteiger partial charge in [-0.1, -0.05) is 32.6 Å². The van der Waals surface area contributed by atoms with Crippen LogP contribution in [0, 0.1) is 6.92 Å². The summed E-state index contributed by atoms with van der Waals surface area (Å²) >= 11 is 0. The van der Waals surface area contributed by atoms with Crippen molar-refractivity contribution in [2.24, 2.45) is 0 Å². The van der Waals surface area contributed by atoms with E-state index in [-0.39, 0.29) is 5.78 Å². The number of rotatable bonds is 6.